The Morgan fingerprint density at radius 1 is 1.25 bits per heavy atom. The first-order valence-electron chi connectivity index (χ1n) is 13.3. The summed E-state index contributed by atoms with van der Waals surface area (Å²) in [7, 11) is 0. The Labute approximate surface area is 212 Å². The molecule has 0 spiro atoms. The van der Waals surface area contributed by atoms with E-state index < -0.39 is 10.7 Å². The van der Waals surface area contributed by atoms with E-state index in [2.05, 4.69) is 25.2 Å². The number of nitrogens with two attached hydrogens (primary N) is 1. The maximum absolute atomic E-state index is 12.3. The van der Waals surface area contributed by atoms with Gasteiger partial charge in [0.25, 0.3) is 5.09 Å². The van der Waals surface area contributed by atoms with Crippen LogP contribution in [0.3, 0.4) is 0 Å². The van der Waals surface area contributed by atoms with Crippen molar-refractivity contribution in [1.29, 1.82) is 5.41 Å². The van der Waals surface area contributed by atoms with E-state index in [0.717, 1.165) is 38.5 Å². The van der Waals surface area contributed by atoms with Crippen molar-refractivity contribution in [2.45, 2.75) is 89.3 Å². The monoisotopic (exact) mass is 506 g/mol. The first-order valence-corrected chi connectivity index (χ1v) is 13.3. The van der Waals surface area contributed by atoms with Crippen LogP contribution in [0, 0.1) is 44.1 Å². The minimum atomic E-state index is -1.50. The second kappa shape index (κ2) is 10.2. The van der Waals surface area contributed by atoms with Gasteiger partial charge in [-0.3, -0.25) is 5.41 Å². The number of furan rings is 1. The number of nitrogens with zero attached hydrogens (tertiary/aromatic N) is 1. The minimum Gasteiger partial charge on any atom is -0.472 e. The van der Waals surface area contributed by atoms with Crippen molar-refractivity contribution >= 4 is 5.96 Å². The van der Waals surface area contributed by atoms with Crippen LogP contribution >= 0.6 is 0 Å². The van der Waals surface area contributed by atoms with Crippen LogP contribution in [0.4, 0.5) is 0 Å². The Morgan fingerprint density at radius 2 is 2.00 bits per heavy atom. The third kappa shape index (κ3) is 4.69. The lowest BCUT2D eigenvalue weighted by Gasteiger charge is -2.63. The van der Waals surface area contributed by atoms with Crippen LogP contribution < -0.4 is 11.1 Å². The molecule has 0 saturated heterocycles. The van der Waals surface area contributed by atoms with Gasteiger partial charge in [-0.25, -0.2) is 0 Å². The van der Waals surface area contributed by atoms with E-state index in [1.165, 1.54) is 24.8 Å². The Bertz CT molecular complexity index is 924. The number of ether oxygens (including phenoxy) is 1. The quantitative estimate of drug-likeness (QED) is 0.131. The number of guanidine groups is 1. The zero-order valence-corrected chi connectivity index (χ0v) is 21.4. The van der Waals surface area contributed by atoms with Crippen molar-refractivity contribution < 1.29 is 24.6 Å². The summed E-state index contributed by atoms with van der Waals surface area (Å²) in [5.41, 5.74) is 6.34. The molecular formula is C26H42N4O6. The number of fused-ring (bicyclic) bond motifs is 5. The lowest BCUT2D eigenvalue weighted by molar-refractivity contribution is -0.742. The van der Waals surface area contributed by atoms with Crippen LogP contribution in [0.5, 0.6) is 0 Å². The van der Waals surface area contributed by atoms with Gasteiger partial charge >= 0.3 is 0 Å². The predicted octanol–water partition coefficient (Wildman–Crippen LogP) is 4.04. The number of hydrogen-bond donors (Lipinski definition) is 5. The van der Waals surface area contributed by atoms with E-state index in [1.54, 1.807) is 6.26 Å². The summed E-state index contributed by atoms with van der Waals surface area (Å²) in [5, 5.41) is 36.0. The molecule has 0 aromatic carbocycles. The van der Waals surface area contributed by atoms with Crippen molar-refractivity contribution in [1.82, 2.24) is 5.32 Å². The molecule has 0 bridgehead atoms. The van der Waals surface area contributed by atoms with Crippen LogP contribution in [-0.2, 0) is 4.74 Å². The first-order chi connectivity index (χ1) is 17.0. The zero-order chi connectivity index (χ0) is 26.1. The molecule has 5 rings (SSSR count). The maximum Gasteiger partial charge on any atom is 0.291 e. The van der Waals surface area contributed by atoms with Crippen LogP contribution in [0.15, 0.2) is 23.0 Å². The fourth-order valence-corrected chi connectivity index (χ4v) is 8.76. The van der Waals surface area contributed by atoms with Crippen LogP contribution in [0.1, 0.15) is 83.1 Å². The van der Waals surface area contributed by atoms with Gasteiger partial charge in [-0.2, -0.15) is 0 Å². The van der Waals surface area contributed by atoms with Gasteiger partial charge < -0.3 is 30.5 Å². The van der Waals surface area contributed by atoms with E-state index >= 15 is 0 Å². The van der Waals surface area contributed by atoms with E-state index in [4.69, 9.17) is 35.6 Å². The summed E-state index contributed by atoms with van der Waals surface area (Å²) in [6.07, 6.45) is 14.1. The molecule has 202 valence electrons. The molecule has 8 atom stereocenters. The summed E-state index contributed by atoms with van der Waals surface area (Å²) in [5.74, 6) is 2.12. The molecule has 1 aromatic heterocycles. The van der Waals surface area contributed by atoms with Crippen LogP contribution in [0.25, 0.3) is 0 Å². The fourth-order valence-electron chi connectivity index (χ4n) is 8.76. The molecule has 6 N–H and O–H groups in total. The zero-order valence-electron chi connectivity index (χ0n) is 21.4. The predicted molar refractivity (Wildman–Crippen MR) is 133 cm³/mol. The molecule has 10 heteroatoms. The molecular weight excluding hydrogens is 464 g/mol. The second-order valence-electron chi connectivity index (χ2n) is 11.9. The summed E-state index contributed by atoms with van der Waals surface area (Å²) in [6.45, 7) is 6.09. The summed E-state index contributed by atoms with van der Waals surface area (Å²) in [6, 6.07) is 2.11. The normalized spacial score (nSPS) is 41.1. The van der Waals surface area contributed by atoms with Crippen LogP contribution in [-0.4, -0.2) is 46.2 Å². The smallest absolute Gasteiger partial charge is 0.291 e. The van der Waals surface area contributed by atoms with Crippen molar-refractivity contribution in [3.63, 3.8) is 0 Å². The first kappa shape index (κ1) is 26.7. The summed E-state index contributed by atoms with van der Waals surface area (Å²) >= 11 is 0. The van der Waals surface area contributed by atoms with Crippen molar-refractivity contribution in [3.8, 4) is 0 Å². The highest BCUT2D eigenvalue weighted by Crippen LogP contribution is 2.70. The number of aliphatic hydroxyl groups is 1. The molecule has 1 aromatic rings. The minimum absolute atomic E-state index is 0.00675. The highest BCUT2D eigenvalue weighted by atomic mass is 16.9. The Hall–Kier alpha value is -2.33. The third-order valence-electron chi connectivity index (χ3n) is 10.5. The van der Waals surface area contributed by atoms with Gasteiger partial charge in [0.05, 0.1) is 30.8 Å². The number of nitrogens with one attached hydrogen (secondary N) is 2. The van der Waals surface area contributed by atoms with Crippen molar-refractivity contribution in [3.05, 3.63) is 34.3 Å². The number of rotatable bonds is 5. The van der Waals surface area contributed by atoms with E-state index in [-0.39, 0.29) is 11.4 Å². The van der Waals surface area contributed by atoms with Crippen molar-refractivity contribution in [2.24, 2.45) is 34.3 Å². The maximum atomic E-state index is 12.3. The lowest BCUT2D eigenvalue weighted by atomic mass is 9.43. The van der Waals surface area contributed by atoms with E-state index in [0.29, 0.717) is 48.3 Å². The van der Waals surface area contributed by atoms with Gasteiger partial charge in [-0.15, -0.1) is 10.1 Å². The van der Waals surface area contributed by atoms with Gasteiger partial charge in [-0.05, 0) is 98.5 Å². The highest BCUT2D eigenvalue weighted by Gasteiger charge is 2.67. The van der Waals surface area contributed by atoms with Crippen molar-refractivity contribution in [2.75, 3.05) is 13.2 Å². The molecule has 0 radical (unpaired) electrons. The van der Waals surface area contributed by atoms with E-state index in [1.807, 2.05) is 6.26 Å². The third-order valence-corrected chi connectivity index (χ3v) is 10.5. The van der Waals surface area contributed by atoms with Crippen LogP contribution in [0.2, 0.25) is 0 Å². The molecule has 4 saturated carbocycles. The Balaban J connectivity index is 0.000000709. The highest BCUT2D eigenvalue weighted by molar-refractivity contribution is 5.74. The molecule has 4 aliphatic rings. The average Bonchev–Trinajstić information content (AvgIpc) is 3.42. The largest absolute Gasteiger partial charge is 0.472 e. The average molecular weight is 507 g/mol. The molecule has 0 unspecified atom stereocenters. The van der Waals surface area contributed by atoms with Gasteiger partial charge in [0.15, 0.2) is 5.96 Å². The molecule has 1 heterocycles. The number of hydrogen-bond acceptors (Lipinski definition) is 6. The molecule has 4 aliphatic carbocycles. The lowest BCUT2D eigenvalue weighted by Crippen LogP contribution is -2.62. The SMILES string of the molecule is C[C@]12CC[C@H](OCCNC(=N)N)C[C@H]1CC[C@@H]1[C@@H]2CC[C@]2(C)[C@@H](c3ccoc3)CC[C@]12O.O=[N+]([O-])O. The van der Waals surface area contributed by atoms with Gasteiger partial charge in [-0.1, -0.05) is 13.8 Å². The van der Waals surface area contributed by atoms with E-state index in [9.17, 15) is 5.11 Å². The molecule has 36 heavy (non-hydrogen) atoms. The fraction of sp³-hybridized carbons (Fsp3) is 0.808. The van der Waals surface area contributed by atoms with Gasteiger partial charge in [0.2, 0.25) is 0 Å². The summed E-state index contributed by atoms with van der Waals surface area (Å²) in [4.78, 5) is 8.36. The Morgan fingerprint density at radius 3 is 2.67 bits per heavy atom. The molecule has 10 nitrogen and oxygen atoms in total. The second-order valence-corrected chi connectivity index (χ2v) is 11.9. The standard InChI is InChI=1S/C26H41N3O3.HNO3/c1-24-9-5-19(32-14-12-29-23(27)28)15-18(24)3-4-22-21(24)6-10-25(2)20(7-11-26(22,25)30)17-8-13-31-16-17;2-1(3)4/h8,13,16,18-22,30H,3-7,9-12,14-15H2,1-2H3,(H4,27,28,29);(H,2,3,4)/t18-,19+,20-,21+,22-,24+,25-,26+;/m1./s1. The van der Waals surface area contributed by atoms with Gasteiger partial charge in [0.1, 0.15) is 0 Å². The molecule has 4 fully saturated rings. The van der Waals surface area contributed by atoms with Gasteiger partial charge in [0, 0.05) is 12.0 Å². The topological polar surface area (TPSA) is 168 Å². The molecule has 0 aliphatic heterocycles. The molecule has 0 amide bonds. The summed E-state index contributed by atoms with van der Waals surface area (Å²) < 4.78 is 11.6. The Kier molecular flexibility index (Phi) is 7.57.